The molecule has 3 rings (SSSR count). The van der Waals surface area contributed by atoms with Crippen molar-refractivity contribution < 1.29 is 14.3 Å². The number of aromatic nitrogens is 1. The van der Waals surface area contributed by atoms with E-state index in [-0.39, 0.29) is 29.9 Å². The minimum absolute atomic E-state index is 0.00802. The van der Waals surface area contributed by atoms with E-state index < -0.39 is 0 Å². The molecule has 0 radical (unpaired) electrons. The van der Waals surface area contributed by atoms with Crippen LogP contribution in [0.5, 0.6) is 5.75 Å². The molecule has 1 aromatic carbocycles. The summed E-state index contributed by atoms with van der Waals surface area (Å²) < 4.78 is 5.24. The molecule has 7 nitrogen and oxygen atoms in total. The van der Waals surface area contributed by atoms with Gasteiger partial charge in [-0.2, -0.15) is 0 Å². The Morgan fingerprint density at radius 1 is 1.33 bits per heavy atom. The van der Waals surface area contributed by atoms with Crippen molar-refractivity contribution >= 4 is 29.0 Å². The van der Waals surface area contributed by atoms with E-state index in [9.17, 15) is 9.59 Å². The van der Waals surface area contributed by atoms with E-state index in [0.717, 1.165) is 0 Å². The smallest absolute Gasteiger partial charge is 0.274 e. The number of nitrogens with one attached hydrogen (secondary N) is 2. The van der Waals surface area contributed by atoms with Crippen molar-refractivity contribution in [3.05, 3.63) is 42.1 Å². The van der Waals surface area contributed by atoms with E-state index in [4.69, 9.17) is 10.5 Å². The number of hydrogen-bond acceptors (Lipinski definition) is 5. The van der Waals surface area contributed by atoms with E-state index in [1.807, 2.05) is 0 Å². The Kier molecular flexibility index (Phi) is 3.15. The van der Waals surface area contributed by atoms with Crippen LogP contribution in [0.1, 0.15) is 10.5 Å². The lowest BCUT2D eigenvalue weighted by atomic mass is 10.2. The summed E-state index contributed by atoms with van der Waals surface area (Å²) in [6, 6.07) is 9.80. The van der Waals surface area contributed by atoms with Gasteiger partial charge < -0.3 is 21.1 Å². The van der Waals surface area contributed by atoms with Gasteiger partial charge in [0.05, 0.1) is 5.69 Å². The maximum absolute atomic E-state index is 12.1. The van der Waals surface area contributed by atoms with Gasteiger partial charge in [0, 0.05) is 5.69 Å². The van der Waals surface area contributed by atoms with E-state index in [1.54, 1.807) is 36.4 Å². The molecule has 0 fully saturated rings. The largest absolute Gasteiger partial charge is 0.482 e. The van der Waals surface area contributed by atoms with Gasteiger partial charge in [-0.15, -0.1) is 0 Å². The number of fused-ring (bicyclic) bond motifs is 1. The highest BCUT2D eigenvalue weighted by Crippen LogP contribution is 2.30. The molecule has 2 aromatic rings. The summed E-state index contributed by atoms with van der Waals surface area (Å²) >= 11 is 0. The first-order valence-corrected chi connectivity index (χ1v) is 6.22. The van der Waals surface area contributed by atoms with Gasteiger partial charge in [0.25, 0.3) is 11.8 Å². The molecule has 1 aliphatic heterocycles. The average Bonchev–Trinajstić information content (AvgIpc) is 2.46. The van der Waals surface area contributed by atoms with E-state index in [0.29, 0.717) is 17.1 Å². The number of benzene rings is 1. The van der Waals surface area contributed by atoms with Gasteiger partial charge >= 0.3 is 0 Å². The summed E-state index contributed by atoms with van der Waals surface area (Å²) in [6.07, 6.45) is 0. The van der Waals surface area contributed by atoms with Crippen LogP contribution in [-0.4, -0.2) is 23.4 Å². The lowest BCUT2D eigenvalue weighted by Crippen LogP contribution is -2.25. The highest BCUT2D eigenvalue weighted by atomic mass is 16.5. The Morgan fingerprint density at radius 3 is 3.00 bits per heavy atom. The number of ether oxygens (including phenoxy) is 1. The average molecular weight is 284 g/mol. The van der Waals surface area contributed by atoms with Crippen molar-refractivity contribution in [2.45, 2.75) is 0 Å². The Bertz CT molecular complexity index is 730. The third kappa shape index (κ3) is 2.76. The second kappa shape index (κ2) is 5.12. The number of pyridine rings is 1. The third-order valence-electron chi connectivity index (χ3n) is 2.87. The van der Waals surface area contributed by atoms with Crippen LogP contribution in [0.2, 0.25) is 0 Å². The van der Waals surface area contributed by atoms with Gasteiger partial charge in [0.15, 0.2) is 6.61 Å². The summed E-state index contributed by atoms with van der Waals surface area (Å²) in [5, 5.41) is 5.36. The van der Waals surface area contributed by atoms with Crippen molar-refractivity contribution in [3.8, 4) is 5.75 Å². The van der Waals surface area contributed by atoms with Gasteiger partial charge in [-0.05, 0) is 30.3 Å². The predicted molar refractivity (Wildman–Crippen MR) is 77.2 cm³/mol. The highest BCUT2D eigenvalue weighted by molar-refractivity contribution is 6.04. The summed E-state index contributed by atoms with van der Waals surface area (Å²) in [4.78, 5) is 27.3. The number of hydrogen-bond donors (Lipinski definition) is 3. The van der Waals surface area contributed by atoms with Gasteiger partial charge in [0.2, 0.25) is 0 Å². The molecule has 2 amide bonds. The first-order valence-electron chi connectivity index (χ1n) is 6.22. The summed E-state index contributed by atoms with van der Waals surface area (Å²) in [5.41, 5.74) is 6.80. The van der Waals surface area contributed by atoms with Crippen molar-refractivity contribution in [3.63, 3.8) is 0 Å². The second-order valence-corrected chi connectivity index (χ2v) is 4.45. The minimum atomic E-state index is -0.384. The predicted octanol–water partition coefficient (Wildman–Crippen LogP) is 1.25. The fraction of sp³-hybridized carbons (Fsp3) is 0.0714. The fourth-order valence-electron chi connectivity index (χ4n) is 1.93. The number of carbonyl (C=O) groups excluding carboxylic acids is 2. The topological polar surface area (TPSA) is 106 Å². The lowest BCUT2D eigenvalue weighted by molar-refractivity contribution is -0.118. The molecule has 0 spiro atoms. The second-order valence-electron chi connectivity index (χ2n) is 4.45. The van der Waals surface area contributed by atoms with Crippen molar-refractivity contribution in [1.29, 1.82) is 0 Å². The number of rotatable bonds is 2. The number of amides is 2. The van der Waals surface area contributed by atoms with Crippen molar-refractivity contribution in [2.75, 3.05) is 23.0 Å². The normalized spacial score (nSPS) is 12.9. The number of nitrogens with zero attached hydrogens (tertiary/aromatic N) is 1. The van der Waals surface area contributed by atoms with Gasteiger partial charge in [0.1, 0.15) is 17.3 Å². The quantitative estimate of drug-likeness (QED) is 0.769. The monoisotopic (exact) mass is 284 g/mol. The molecule has 0 atom stereocenters. The van der Waals surface area contributed by atoms with Crippen LogP contribution in [0.4, 0.5) is 17.2 Å². The highest BCUT2D eigenvalue weighted by Gasteiger charge is 2.17. The fourth-order valence-corrected chi connectivity index (χ4v) is 1.93. The van der Waals surface area contributed by atoms with Crippen LogP contribution in [0, 0.1) is 0 Å². The molecule has 0 saturated heterocycles. The van der Waals surface area contributed by atoms with Crippen molar-refractivity contribution in [2.24, 2.45) is 0 Å². The maximum Gasteiger partial charge on any atom is 0.274 e. The lowest BCUT2D eigenvalue weighted by Gasteiger charge is -2.18. The number of anilines is 3. The summed E-state index contributed by atoms with van der Waals surface area (Å²) in [6.45, 7) is -0.00802. The summed E-state index contributed by atoms with van der Waals surface area (Å²) in [7, 11) is 0. The molecule has 106 valence electrons. The van der Waals surface area contributed by atoms with Crippen LogP contribution in [0.15, 0.2) is 36.4 Å². The Labute approximate surface area is 120 Å². The van der Waals surface area contributed by atoms with E-state index in [1.165, 1.54) is 0 Å². The molecule has 0 saturated carbocycles. The maximum atomic E-state index is 12.1. The zero-order chi connectivity index (χ0) is 14.8. The molecule has 1 aromatic heterocycles. The molecule has 0 aliphatic carbocycles. The SMILES string of the molecule is Nc1cccc(C(=O)Nc2ccc3c(c2)NC(=O)CO3)n1. The zero-order valence-corrected chi connectivity index (χ0v) is 10.9. The molecule has 0 bridgehead atoms. The summed E-state index contributed by atoms with van der Waals surface area (Å²) in [5.74, 6) is 0.220. The number of nitrogens with two attached hydrogens (primary N) is 1. The van der Waals surface area contributed by atoms with Crippen LogP contribution in [0.3, 0.4) is 0 Å². The molecular formula is C14H12N4O3. The Morgan fingerprint density at radius 2 is 2.19 bits per heavy atom. The minimum Gasteiger partial charge on any atom is -0.482 e. The van der Waals surface area contributed by atoms with Gasteiger partial charge in [-0.3, -0.25) is 9.59 Å². The molecule has 7 heteroatoms. The third-order valence-corrected chi connectivity index (χ3v) is 2.87. The zero-order valence-electron chi connectivity index (χ0n) is 10.9. The standard InChI is InChI=1S/C14H12N4O3/c15-12-3-1-2-9(17-12)14(20)16-8-4-5-11-10(6-8)18-13(19)7-21-11/h1-6H,7H2,(H2,15,17)(H,16,20)(H,18,19). The van der Waals surface area contributed by atoms with Crippen molar-refractivity contribution in [1.82, 2.24) is 4.98 Å². The van der Waals surface area contributed by atoms with Crippen LogP contribution < -0.4 is 21.1 Å². The molecule has 2 heterocycles. The number of nitrogen functional groups attached to an aromatic ring is 1. The van der Waals surface area contributed by atoms with E-state index >= 15 is 0 Å². The van der Waals surface area contributed by atoms with Gasteiger partial charge in [-0.1, -0.05) is 6.07 Å². The number of carbonyl (C=O) groups is 2. The molecular weight excluding hydrogens is 272 g/mol. The van der Waals surface area contributed by atoms with Crippen LogP contribution in [-0.2, 0) is 4.79 Å². The molecule has 0 unspecified atom stereocenters. The van der Waals surface area contributed by atoms with Crippen LogP contribution >= 0.6 is 0 Å². The first-order chi connectivity index (χ1) is 10.1. The first kappa shape index (κ1) is 12.9. The molecule has 21 heavy (non-hydrogen) atoms. The van der Waals surface area contributed by atoms with E-state index in [2.05, 4.69) is 15.6 Å². The Hall–Kier alpha value is -3.09. The van der Waals surface area contributed by atoms with Crippen LogP contribution in [0.25, 0.3) is 0 Å². The molecule has 4 N–H and O–H groups in total. The Balaban J connectivity index is 1.80. The van der Waals surface area contributed by atoms with Gasteiger partial charge in [-0.25, -0.2) is 4.98 Å². The molecule has 1 aliphatic rings.